The van der Waals surface area contributed by atoms with Gasteiger partial charge < -0.3 is 19.3 Å². The van der Waals surface area contributed by atoms with Crippen LogP contribution in [-0.2, 0) is 33.4 Å². The summed E-state index contributed by atoms with van der Waals surface area (Å²) < 4.78 is 17.6. The number of halogens is 1. The third kappa shape index (κ3) is 8.20. The highest BCUT2D eigenvalue weighted by Gasteiger charge is 2.72. The van der Waals surface area contributed by atoms with Crippen molar-refractivity contribution in [3.63, 3.8) is 0 Å². The number of alkyl halides is 1. The Bertz CT molecular complexity index is 1410. The molecule has 5 aliphatic rings. The number of hydrogen-bond acceptors (Lipinski definition) is 8. The number of carbonyl (C=O) groups excluding carboxylic acids is 4. The summed E-state index contributed by atoms with van der Waals surface area (Å²) in [6.07, 6.45) is 17.6. The molecule has 4 aliphatic carbocycles. The maximum atomic E-state index is 13.9. The van der Waals surface area contributed by atoms with Crippen LogP contribution < -0.4 is 0 Å². The van der Waals surface area contributed by atoms with Gasteiger partial charge in [-0.2, -0.15) is 0 Å². The van der Waals surface area contributed by atoms with Crippen molar-refractivity contribution in [2.75, 3.05) is 6.61 Å². The molecule has 0 spiro atoms. The van der Waals surface area contributed by atoms with E-state index in [9.17, 15) is 24.3 Å². The largest absolute Gasteiger partial charge is 0.461 e. The van der Waals surface area contributed by atoms with Crippen molar-refractivity contribution < 1.29 is 38.5 Å². The van der Waals surface area contributed by atoms with Crippen LogP contribution >= 0.6 is 11.6 Å². The van der Waals surface area contributed by atoms with Gasteiger partial charge in [-0.3, -0.25) is 14.4 Å². The van der Waals surface area contributed by atoms with Crippen molar-refractivity contribution in [2.24, 2.45) is 40.4 Å². The van der Waals surface area contributed by atoms with Crippen LogP contribution in [0.2, 0.25) is 0 Å². The average Bonchev–Trinajstić information content (AvgIpc) is 3.48. The van der Waals surface area contributed by atoms with Crippen molar-refractivity contribution >= 4 is 35.3 Å². The Morgan fingerprint density at radius 3 is 2.23 bits per heavy atom. The molecule has 53 heavy (non-hydrogen) atoms. The summed E-state index contributed by atoms with van der Waals surface area (Å²) >= 11 is 7.22. The first kappa shape index (κ1) is 42.0. The van der Waals surface area contributed by atoms with E-state index in [4.69, 9.17) is 25.8 Å². The lowest BCUT2D eigenvalue weighted by Gasteiger charge is -2.64. The number of ketones is 1. The predicted octanol–water partition coefficient (Wildman–Crippen LogP) is 9.38. The van der Waals surface area contributed by atoms with Gasteiger partial charge in [0.15, 0.2) is 11.9 Å². The zero-order valence-electron chi connectivity index (χ0n) is 33.4. The van der Waals surface area contributed by atoms with Crippen molar-refractivity contribution in [1.82, 2.24) is 0 Å². The molecule has 0 amide bonds. The van der Waals surface area contributed by atoms with Gasteiger partial charge in [0.05, 0.1) is 16.4 Å². The lowest BCUT2D eigenvalue weighted by molar-refractivity contribution is -0.223. The number of cyclic esters (lactones) is 1. The molecule has 298 valence electrons. The van der Waals surface area contributed by atoms with E-state index in [0.717, 1.165) is 89.0 Å². The first-order chi connectivity index (χ1) is 25.2. The molecule has 0 aromatic rings. The van der Waals surface area contributed by atoms with Crippen LogP contribution in [0.4, 0.5) is 0 Å². The SMILES string of the molecule is CCCCCCCC(=O)OCC1=C(C)C[C@H]([C@@H](C)[C@H]2CC[C@H]3[C@@H]4C[C@H](Cl)[C@]5(O)[C@@H](OC(=O)CCCCCCC)C=CC(=O)[C@]5(C)[C@H]4CC[C@]23C)OC1=O. The van der Waals surface area contributed by atoms with Crippen LogP contribution in [0.1, 0.15) is 157 Å². The van der Waals surface area contributed by atoms with Crippen LogP contribution in [0.15, 0.2) is 23.3 Å². The van der Waals surface area contributed by atoms with E-state index in [2.05, 4.69) is 27.7 Å². The van der Waals surface area contributed by atoms with Crippen LogP contribution in [0, 0.1) is 40.4 Å². The molecule has 1 aliphatic heterocycles. The van der Waals surface area contributed by atoms with Gasteiger partial charge in [0.1, 0.15) is 18.3 Å². The molecule has 1 N–H and O–H groups in total. The second-order valence-corrected chi connectivity index (χ2v) is 18.3. The van der Waals surface area contributed by atoms with Gasteiger partial charge in [-0.05, 0) is 106 Å². The van der Waals surface area contributed by atoms with E-state index < -0.39 is 22.5 Å². The van der Waals surface area contributed by atoms with E-state index in [1.54, 1.807) is 6.08 Å². The summed E-state index contributed by atoms with van der Waals surface area (Å²) in [5, 5.41) is 11.8. The zero-order valence-corrected chi connectivity index (χ0v) is 34.1. The summed E-state index contributed by atoms with van der Waals surface area (Å²) in [6.45, 7) is 12.7. The number of rotatable bonds is 17. The second kappa shape index (κ2) is 17.7. The number of esters is 3. The molecule has 3 fully saturated rings. The summed E-state index contributed by atoms with van der Waals surface area (Å²) in [6, 6.07) is 0. The molecule has 3 saturated carbocycles. The minimum Gasteiger partial charge on any atom is -0.461 e. The lowest BCUT2D eigenvalue weighted by Crippen LogP contribution is -2.73. The quantitative estimate of drug-likeness (QED) is 0.0675. The maximum absolute atomic E-state index is 13.9. The van der Waals surface area contributed by atoms with E-state index in [0.29, 0.717) is 36.7 Å². The smallest absolute Gasteiger partial charge is 0.337 e. The molecule has 0 aromatic carbocycles. The number of fused-ring (bicyclic) bond motifs is 5. The Hall–Kier alpha value is -2.19. The Balaban J connectivity index is 1.23. The van der Waals surface area contributed by atoms with Crippen LogP contribution in [0.5, 0.6) is 0 Å². The number of carbonyl (C=O) groups is 4. The second-order valence-electron chi connectivity index (χ2n) is 17.7. The van der Waals surface area contributed by atoms with Crippen LogP contribution in [0.25, 0.3) is 0 Å². The molecule has 8 nitrogen and oxygen atoms in total. The maximum Gasteiger partial charge on any atom is 0.337 e. The monoisotopic (exact) mass is 758 g/mol. The Morgan fingerprint density at radius 2 is 1.58 bits per heavy atom. The summed E-state index contributed by atoms with van der Waals surface area (Å²) in [7, 11) is 0. The van der Waals surface area contributed by atoms with E-state index in [-0.39, 0.29) is 66.0 Å². The number of unbranched alkanes of at least 4 members (excludes halogenated alkanes) is 8. The highest BCUT2D eigenvalue weighted by atomic mass is 35.5. The molecule has 0 radical (unpaired) electrons. The summed E-state index contributed by atoms with van der Waals surface area (Å²) in [5.41, 5.74) is -1.53. The van der Waals surface area contributed by atoms with Gasteiger partial charge in [-0.1, -0.05) is 84.6 Å². The fraction of sp³-hybridized carbons (Fsp3) is 0.818. The third-order valence-corrected chi connectivity index (χ3v) is 15.3. The Labute approximate surface area is 323 Å². The molecule has 0 bridgehead atoms. The van der Waals surface area contributed by atoms with Crippen molar-refractivity contribution in [3.8, 4) is 0 Å². The minimum absolute atomic E-state index is 0.0381. The van der Waals surface area contributed by atoms with Crippen molar-refractivity contribution in [1.29, 1.82) is 0 Å². The van der Waals surface area contributed by atoms with Gasteiger partial charge in [0.2, 0.25) is 0 Å². The van der Waals surface area contributed by atoms with Crippen molar-refractivity contribution in [2.45, 2.75) is 180 Å². The topological polar surface area (TPSA) is 116 Å². The van der Waals surface area contributed by atoms with Crippen LogP contribution in [0.3, 0.4) is 0 Å². The van der Waals surface area contributed by atoms with Crippen molar-refractivity contribution in [3.05, 3.63) is 23.3 Å². The van der Waals surface area contributed by atoms with Gasteiger partial charge in [-0.15, -0.1) is 11.6 Å². The Morgan fingerprint density at radius 1 is 0.943 bits per heavy atom. The molecule has 9 heteroatoms. The summed E-state index contributed by atoms with van der Waals surface area (Å²) in [4.78, 5) is 52.6. The normalized spacial score (nSPS) is 37.0. The fourth-order valence-corrected chi connectivity index (χ4v) is 12.1. The number of ether oxygens (including phenoxy) is 3. The highest BCUT2D eigenvalue weighted by Crippen LogP contribution is 2.69. The van der Waals surface area contributed by atoms with E-state index in [1.165, 1.54) is 12.5 Å². The molecular weight excluding hydrogens is 692 g/mol. The standard InChI is InChI=1S/C44H67ClO8/c1-7-9-11-13-15-17-39(47)51-27-31-28(3)25-35(52-41(31)49)29(4)32-19-20-33-30-26-36(45)44(50)38(53-40(48)18-16-14-12-10-8-2)22-21-37(46)43(44,6)34(30)23-24-42(32,33)5/h21-22,29-30,32-36,38,50H,7-20,23-27H2,1-6H3/t29-,30-,32+,33-,34-,35+,36-,38-,42+,43-,44-/m0/s1. The molecule has 1 heterocycles. The van der Waals surface area contributed by atoms with E-state index >= 15 is 0 Å². The van der Waals surface area contributed by atoms with Gasteiger partial charge in [0.25, 0.3) is 0 Å². The lowest BCUT2D eigenvalue weighted by atomic mass is 9.43. The molecule has 0 aromatic heterocycles. The first-order valence-electron chi connectivity index (χ1n) is 21.1. The number of hydrogen-bond donors (Lipinski definition) is 1. The number of allylic oxidation sites excluding steroid dienone is 1. The minimum atomic E-state index is -1.70. The van der Waals surface area contributed by atoms with E-state index in [1.807, 2.05) is 13.8 Å². The molecule has 0 unspecified atom stereocenters. The molecule has 11 atom stereocenters. The average molecular weight is 759 g/mol. The fourth-order valence-electron chi connectivity index (χ4n) is 11.5. The highest BCUT2D eigenvalue weighted by molar-refractivity contribution is 6.22. The molecule has 5 rings (SSSR count). The molecule has 0 saturated heterocycles. The zero-order chi connectivity index (χ0) is 38.6. The predicted molar refractivity (Wildman–Crippen MR) is 206 cm³/mol. The van der Waals surface area contributed by atoms with Gasteiger partial charge >= 0.3 is 17.9 Å². The van der Waals surface area contributed by atoms with Gasteiger partial charge in [-0.25, -0.2) is 4.79 Å². The number of aliphatic hydroxyl groups is 1. The third-order valence-electron chi connectivity index (χ3n) is 14.8. The molecular formula is C44H67ClO8. The Kier molecular flexibility index (Phi) is 14.0. The van der Waals surface area contributed by atoms with Crippen LogP contribution in [-0.4, -0.2) is 58.6 Å². The summed E-state index contributed by atoms with van der Waals surface area (Å²) in [5.74, 6) is -0.391. The first-order valence-corrected chi connectivity index (χ1v) is 21.5. The van der Waals surface area contributed by atoms with Gasteiger partial charge in [0, 0.05) is 19.3 Å².